The Labute approximate surface area is 162 Å². The molecule has 0 bridgehead atoms. The maximum absolute atomic E-state index is 13.0. The second-order valence-electron chi connectivity index (χ2n) is 7.44. The minimum absolute atomic E-state index is 0.258. The van der Waals surface area contributed by atoms with Crippen LogP contribution in [0.15, 0.2) is 35.2 Å². The summed E-state index contributed by atoms with van der Waals surface area (Å²) < 4.78 is 27.5. The summed E-state index contributed by atoms with van der Waals surface area (Å²) in [7, 11) is -3.46. The molecule has 1 aromatic carbocycles. The van der Waals surface area contributed by atoms with E-state index in [9.17, 15) is 8.42 Å². The second kappa shape index (κ2) is 7.94. The SMILES string of the molecule is Cc1ccc(S(=O)(=O)N2CCCN(c3cc(C)nc(C(C)C)n3)CC2)cc1. The third-order valence-corrected chi connectivity index (χ3v) is 6.72. The standard InChI is InChI=1S/C20H28N4O2S/c1-15(2)20-21-17(4)14-19(22-20)23-10-5-11-24(13-12-23)27(25,26)18-8-6-16(3)7-9-18/h6-9,14-15H,5,10-13H2,1-4H3. The average molecular weight is 389 g/mol. The summed E-state index contributed by atoms with van der Waals surface area (Å²) in [5, 5.41) is 0. The molecule has 0 unspecified atom stereocenters. The Bertz CT molecular complexity index is 895. The number of hydrogen-bond acceptors (Lipinski definition) is 5. The molecule has 0 amide bonds. The molecule has 1 fully saturated rings. The quantitative estimate of drug-likeness (QED) is 0.805. The van der Waals surface area contributed by atoms with Crippen molar-refractivity contribution in [2.45, 2.75) is 44.9 Å². The molecule has 1 saturated heterocycles. The van der Waals surface area contributed by atoms with Gasteiger partial charge in [0.15, 0.2) is 0 Å². The van der Waals surface area contributed by atoms with Crippen molar-refractivity contribution in [3.05, 3.63) is 47.4 Å². The summed E-state index contributed by atoms with van der Waals surface area (Å²) in [4.78, 5) is 11.7. The van der Waals surface area contributed by atoms with Crippen LogP contribution in [0.4, 0.5) is 5.82 Å². The zero-order valence-corrected chi connectivity index (χ0v) is 17.3. The molecule has 146 valence electrons. The highest BCUT2D eigenvalue weighted by atomic mass is 32.2. The van der Waals surface area contributed by atoms with Crippen LogP contribution in [0.5, 0.6) is 0 Å². The highest BCUT2D eigenvalue weighted by Gasteiger charge is 2.27. The van der Waals surface area contributed by atoms with Crippen LogP contribution < -0.4 is 4.90 Å². The van der Waals surface area contributed by atoms with E-state index in [0.29, 0.717) is 24.5 Å². The number of aromatic nitrogens is 2. The summed E-state index contributed by atoms with van der Waals surface area (Å²) in [5.74, 6) is 1.98. The van der Waals surface area contributed by atoms with E-state index in [4.69, 9.17) is 4.98 Å². The first-order chi connectivity index (χ1) is 12.8. The third kappa shape index (κ3) is 4.47. The highest BCUT2D eigenvalue weighted by Crippen LogP contribution is 2.22. The van der Waals surface area contributed by atoms with Gasteiger partial charge in [0.1, 0.15) is 11.6 Å². The highest BCUT2D eigenvalue weighted by molar-refractivity contribution is 7.89. The number of benzene rings is 1. The fourth-order valence-electron chi connectivity index (χ4n) is 3.22. The van der Waals surface area contributed by atoms with Crippen LogP contribution in [0.1, 0.15) is 43.3 Å². The molecule has 6 nitrogen and oxygen atoms in total. The van der Waals surface area contributed by atoms with Gasteiger partial charge in [0.25, 0.3) is 0 Å². The lowest BCUT2D eigenvalue weighted by Crippen LogP contribution is -2.35. The first-order valence-electron chi connectivity index (χ1n) is 9.45. The smallest absolute Gasteiger partial charge is 0.243 e. The molecule has 3 rings (SSSR count). The average Bonchev–Trinajstić information content (AvgIpc) is 2.88. The molecule has 2 heterocycles. The summed E-state index contributed by atoms with van der Waals surface area (Å²) in [6.45, 7) is 10.5. The monoisotopic (exact) mass is 388 g/mol. The van der Waals surface area contributed by atoms with Crippen LogP contribution in [0, 0.1) is 13.8 Å². The van der Waals surface area contributed by atoms with Crippen molar-refractivity contribution in [3.8, 4) is 0 Å². The van der Waals surface area contributed by atoms with E-state index >= 15 is 0 Å². The molecule has 1 aromatic heterocycles. The van der Waals surface area contributed by atoms with Gasteiger partial charge >= 0.3 is 0 Å². The predicted octanol–water partition coefficient (Wildman–Crippen LogP) is 3.12. The molecule has 0 saturated carbocycles. The molecule has 0 spiro atoms. The van der Waals surface area contributed by atoms with Crippen molar-refractivity contribution in [2.75, 3.05) is 31.1 Å². The van der Waals surface area contributed by atoms with Gasteiger partial charge in [0.2, 0.25) is 10.0 Å². The van der Waals surface area contributed by atoms with Crippen LogP contribution in [-0.4, -0.2) is 48.9 Å². The van der Waals surface area contributed by atoms with E-state index in [1.54, 1.807) is 16.4 Å². The van der Waals surface area contributed by atoms with E-state index in [1.165, 1.54) is 0 Å². The number of nitrogens with zero attached hydrogens (tertiary/aromatic N) is 4. The van der Waals surface area contributed by atoms with Crippen LogP contribution in [0.3, 0.4) is 0 Å². The normalized spacial score (nSPS) is 16.6. The van der Waals surface area contributed by atoms with Gasteiger partial charge in [0.05, 0.1) is 4.90 Å². The van der Waals surface area contributed by atoms with Gasteiger partial charge in [-0.3, -0.25) is 0 Å². The molecular weight excluding hydrogens is 360 g/mol. The molecule has 0 aliphatic carbocycles. The minimum atomic E-state index is -3.46. The van der Waals surface area contributed by atoms with Crippen molar-refractivity contribution in [2.24, 2.45) is 0 Å². The lowest BCUT2D eigenvalue weighted by molar-refractivity contribution is 0.433. The zero-order valence-electron chi connectivity index (χ0n) is 16.5. The molecule has 27 heavy (non-hydrogen) atoms. The topological polar surface area (TPSA) is 66.4 Å². The number of sulfonamides is 1. The largest absolute Gasteiger partial charge is 0.355 e. The molecule has 0 atom stereocenters. The van der Waals surface area contributed by atoms with Gasteiger partial charge in [0, 0.05) is 43.9 Å². The molecule has 0 radical (unpaired) electrons. The van der Waals surface area contributed by atoms with Gasteiger partial charge in [-0.2, -0.15) is 4.31 Å². The van der Waals surface area contributed by atoms with Crippen LogP contribution >= 0.6 is 0 Å². The number of hydrogen-bond donors (Lipinski definition) is 0. The maximum atomic E-state index is 13.0. The summed E-state index contributed by atoms with van der Waals surface area (Å²) in [6.07, 6.45) is 0.769. The Morgan fingerprint density at radius 1 is 0.963 bits per heavy atom. The number of anilines is 1. The molecule has 0 N–H and O–H groups in total. The van der Waals surface area contributed by atoms with Crippen molar-refractivity contribution < 1.29 is 8.42 Å². The Kier molecular flexibility index (Phi) is 5.81. The Morgan fingerprint density at radius 3 is 2.33 bits per heavy atom. The van der Waals surface area contributed by atoms with E-state index in [-0.39, 0.29) is 5.92 Å². The fraction of sp³-hybridized carbons (Fsp3) is 0.500. The Morgan fingerprint density at radius 2 is 1.67 bits per heavy atom. The Balaban J connectivity index is 1.79. The number of aryl methyl sites for hydroxylation is 2. The van der Waals surface area contributed by atoms with Crippen LogP contribution in [-0.2, 0) is 10.0 Å². The maximum Gasteiger partial charge on any atom is 0.243 e. The van der Waals surface area contributed by atoms with Crippen molar-refractivity contribution in [1.29, 1.82) is 0 Å². The summed E-state index contributed by atoms with van der Waals surface area (Å²) in [6, 6.07) is 9.05. The third-order valence-electron chi connectivity index (χ3n) is 4.81. The first-order valence-corrected chi connectivity index (χ1v) is 10.9. The summed E-state index contributed by atoms with van der Waals surface area (Å²) in [5.41, 5.74) is 1.99. The summed E-state index contributed by atoms with van der Waals surface area (Å²) >= 11 is 0. The Hall–Kier alpha value is -1.99. The molecule has 1 aliphatic rings. The molecular formula is C20H28N4O2S. The van der Waals surface area contributed by atoms with Gasteiger partial charge in [-0.1, -0.05) is 31.5 Å². The van der Waals surface area contributed by atoms with E-state index in [2.05, 4.69) is 23.7 Å². The lowest BCUT2D eigenvalue weighted by Gasteiger charge is -2.23. The lowest BCUT2D eigenvalue weighted by atomic mass is 10.2. The van der Waals surface area contributed by atoms with Crippen molar-refractivity contribution in [1.82, 2.24) is 14.3 Å². The predicted molar refractivity (Wildman–Crippen MR) is 108 cm³/mol. The molecule has 2 aromatic rings. The molecule has 1 aliphatic heterocycles. The van der Waals surface area contributed by atoms with Gasteiger partial charge in [-0.05, 0) is 32.4 Å². The molecule has 7 heteroatoms. The number of rotatable bonds is 4. The van der Waals surface area contributed by atoms with Gasteiger partial charge in [-0.15, -0.1) is 0 Å². The van der Waals surface area contributed by atoms with Gasteiger partial charge in [-0.25, -0.2) is 18.4 Å². The van der Waals surface area contributed by atoms with Crippen molar-refractivity contribution >= 4 is 15.8 Å². The zero-order chi connectivity index (χ0) is 19.6. The van der Waals surface area contributed by atoms with Crippen molar-refractivity contribution in [3.63, 3.8) is 0 Å². The van der Waals surface area contributed by atoms with E-state index in [1.807, 2.05) is 32.0 Å². The van der Waals surface area contributed by atoms with E-state index in [0.717, 1.165) is 35.9 Å². The second-order valence-corrected chi connectivity index (χ2v) is 9.38. The minimum Gasteiger partial charge on any atom is -0.355 e. The van der Waals surface area contributed by atoms with Crippen LogP contribution in [0.2, 0.25) is 0 Å². The first kappa shape index (κ1) is 19.8. The van der Waals surface area contributed by atoms with Gasteiger partial charge < -0.3 is 4.90 Å². The van der Waals surface area contributed by atoms with E-state index < -0.39 is 10.0 Å². The fourth-order valence-corrected chi connectivity index (χ4v) is 4.69. The van der Waals surface area contributed by atoms with Crippen LogP contribution in [0.25, 0.3) is 0 Å².